The summed E-state index contributed by atoms with van der Waals surface area (Å²) >= 11 is 12.3. The molecule has 2 rings (SSSR count). The van der Waals surface area contributed by atoms with E-state index in [0.29, 0.717) is 35.2 Å². The highest BCUT2D eigenvalue weighted by atomic mass is 35.5. The first-order valence-electron chi connectivity index (χ1n) is 6.80. The van der Waals surface area contributed by atoms with Crippen LogP contribution in [0.15, 0.2) is 24.5 Å². The molecule has 21 heavy (non-hydrogen) atoms. The fraction of sp³-hybridized carbons (Fsp3) is 0.400. The summed E-state index contributed by atoms with van der Waals surface area (Å²) in [6, 6.07) is 3.55. The zero-order chi connectivity index (χ0) is 15.4. The molecule has 0 radical (unpaired) electrons. The molecule has 1 unspecified atom stereocenters. The van der Waals surface area contributed by atoms with Crippen molar-refractivity contribution in [2.75, 3.05) is 6.61 Å². The molecule has 1 heterocycles. The zero-order valence-corrected chi connectivity index (χ0v) is 13.7. The molecule has 1 aromatic carbocycles. The van der Waals surface area contributed by atoms with E-state index >= 15 is 0 Å². The van der Waals surface area contributed by atoms with Gasteiger partial charge in [0.2, 0.25) is 0 Å². The van der Waals surface area contributed by atoms with Crippen LogP contribution in [0.2, 0.25) is 10.0 Å². The number of aromatic nitrogens is 2. The maximum Gasteiger partial charge on any atom is 0.141 e. The van der Waals surface area contributed by atoms with Gasteiger partial charge < -0.3 is 15.0 Å². The molecule has 0 saturated carbocycles. The normalized spacial score (nSPS) is 12.4. The molecule has 0 saturated heterocycles. The van der Waals surface area contributed by atoms with Crippen molar-refractivity contribution in [1.29, 1.82) is 0 Å². The van der Waals surface area contributed by atoms with Crippen LogP contribution in [0, 0.1) is 0 Å². The van der Waals surface area contributed by atoms with Gasteiger partial charge in [0.25, 0.3) is 0 Å². The van der Waals surface area contributed by atoms with Crippen molar-refractivity contribution < 1.29 is 4.74 Å². The number of benzene rings is 1. The molecule has 0 aliphatic carbocycles. The van der Waals surface area contributed by atoms with Crippen molar-refractivity contribution in [1.82, 2.24) is 9.55 Å². The summed E-state index contributed by atoms with van der Waals surface area (Å²) in [6.07, 6.45) is 5.05. The van der Waals surface area contributed by atoms with E-state index in [1.165, 1.54) is 0 Å². The van der Waals surface area contributed by atoms with Crippen molar-refractivity contribution in [2.24, 2.45) is 12.8 Å². The van der Waals surface area contributed by atoms with E-state index in [1.807, 2.05) is 30.8 Å². The third-order valence-electron chi connectivity index (χ3n) is 3.12. The zero-order valence-electron chi connectivity index (χ0n) is 12.1. The Balaban J connectivity index is 2.09. The van der Waals surface area contributed by atoms with E-state index in [-0.39, 0.29) is 6.04 Å². The van der Waals surface area contributed by atoms with E-state index in [2.05, 4.69) is 4.98 Å². The molecule has 6 heteroatoms. The highest BCUT2D eigenvalue weighted by Gasteiger charge is 2.13. The molecular formula is C15H19Cl2N3O. The van der Waals surface area contributed by atoms with Gasteiger partial charge in [0.1, 0.15) is 11.6 Å². The molecule has 2 N–H and O–H groups in total. The largest absolute Gasteiger partial charge is 0.491 e. The van der Waals surface area contributed by atoms with E-state index in [1.54, 1.807) is 12.3 Å². The van der Waals surface area contributed by atoms with Gasteiger partial charge in [0.05, 0.1) is 11.6 Å². The molecular weight excluding hydrogens is 309 g/mol. The van der Waals surface area contributed by atoms with Crippen LogP contribution in [-0.4, -0.2) is 22.2 Å². The average molecular weight is 328 g/mol. The van der Waals surface area contributed by atoms with Crippen molar-refractivity contribution in [3.63, 3.8) is 0 Å². The lowest BCUT2D eigenvalue weighted by molar-refractivity contribution is 0.314. The van der Waals surface area contributed by atoms with Gasteiger partial charge in [-0.15, -0.1) is 0 Å². The van der Waals surface area contributed by atoms with Crippen LogP contribution in [0.1, 0.15) is 18.3 Å². The number of ether oxygens (including phenoxy) is 1. The van der Waals surface area contributed by atoms with Crippen LogP contribution in [0.5, 0.6) is 5.75 Å². The van der Waals surface area contributed by atoms with Crippen molar-refractivity contribution in [3.8, 4) is 5.75 Å². The summed E-state index contributed by atoms with van der Waals surface area (Å²) in [6.45, 7) is 2.44. The van der Waals surface area contributed by atoms with Gasteiger partial charge in [-0.1, -0.05) is 23.2 Å². The van der Waals surface area contributed by atoms with Crippen molar-refractivity contribution in [2.45, 2.75) is 25.8 Å². The van der Waals surface area contributed by atoms with E-state index in [4.69, 9.17) is 33.7 Å². The molecule has 114 valence electrons. The molecule has 1 aromatic heterocycles. The van der Waals surface area contributed by atoms with Crippen LogP contribution in [0.25, 0.3) is 0 Å². The number of aryl methyl sites for hydroxylation is 1. The molecule has 4 nitrogen and oxygen atoms in total. The first-order valence-corrected chi connectivity index (χ1v) is 7.55. The highest BCUT2D eigenvalue weighted by molar-refractivity contribution is 6.35. The Kier molecular flexibility index (Phi) is 5.51. The van der Waals surface area contributed by atoms with Crippen LogP contribution >= 0.6 is 23.2 Å². The van der Waals surface area contributed by atoms with E-state index < -0.39 is 0 Å². The van der Waals surface area contributed by atoms with Crippen molar-refractivity contribution >= 4 is 23.2 Å². The van der Waals surface area contributed by atoms with Crippen LogP contribution in [0.3, 0.4) is 0 Å². The lowest BCUT2D eigenvalue weighted by Gasteiger charge is -2.15. The molecule has 0 amide bonds. The minimum Gasteiger partial charge on any atom is -0.491 e. The van der Waals surface area contributed by atoms with Gasteiger partial charge in [-0.2, -0.15) is 0 Å². The van der Waals surface area contributed by atoms with Crippen molar-refractivity contribution in [3.05, 3.63) is 46.0 Å². The Labute approximate surface area is 134 Å². The quantitative estimate of drug-likeness (QED) is 0.886. The monoisotopic (exact) mass is 327 g/mol. The van der Waals surface area contributed by atoms with Gasteiger partial charge in [0, 0.05) is 36.9 Å². The Bertz CT molecular complexity index is 611. The number of rotatable bonds is 6. The first-order chi connectivity index (χ1) is 9.97. The average Bonchev–Trinajstić information content (AvgIpc) is 2.77. The minimum absolute atomic E-state index is 0.0106. The number of nitrogens with two attached hydrogens (primary N) is 1. The van der Waals surface area contributed by atoms with E-state index in [9.17, 15) is 0 Å². The number of halogens is 2. The fourth-order valence-corrected chi connectivity index (χ4v) is 2.75. The molecule has 1 atom stereocenters. The summed E-state index contributed by atoms with van der Waals surface area (Å²) in [5.41, 5.74) is 6.80. The molecule has 0 fully saturated rings. The lowest BCUT2D eigenvalue weighted by Crippen LogP contribution is -2.18. The second kappa shape index (κ2) is 7.16. The Morgan fingerprint density at radius 1 is 1.38 bits per heavy atom. The fourth-order valence-electron chi connectivity index (χ4n) is 2.16. The van der Waals surface area contributed by atoms with Gasteiger partial charge >= 0.3 is 0 Å². The van der Waals surface area contributed by atoms with Gasteiger partial charge in [-0.3, -0.25) is 0 Å². The standard InChI is InChI=1S/C15H19Cl2N3O/c1-10(18)7-11-8-12(16)9-13(17)15(11)21-6-3-14-19-4-5-20(14)2/h4-5,8-10H,3,6-7,18H2,1-2H3. The Morgan fingerprint density at radius 2 is 2.14 bits per heavy atom. The van der Waals surface area contributed by atoms with Gasteiger partial charge in [-0.05, 0) is 31.0 Å². The molecule has 0 bridgehead atoms. The lowest BCUT2D eigenvalue weighted by atomic mass is 10.1. The predicted octanol–water partition coefficient (Wildman–Crippen LogP) is 3.24. The molecule has 0 aliphatic rings. The van der Waals surface area contributed by atoms with Crippen LogP contribution < -0.4 is 10.5 Å². The molecule has 0 aliphatic heterocycles. The second-order valence-corrected chi connectivity index (χ2v) is 5.95. The summed E-state index contributed by atoms with van der Waals surface area (Å²) in [4.78, 5) is 4.26. The molecule has 2 aromatic rings. The third-order valence-corrected chi connectivity index (χ3v) is 3.62. The number of hydrogen-bond donors (Lipinski definition) is 1. The second-order valence-electron chi connectivity index (χ2n) is 5.11. The number of hydrogen-bond acceptors (Lipinski definition) is 3. The summed E-state index contributed by atoms with van der Waals surface area (Å²) in [7, 11) is 1.96. The summed E-state index contributed by atoms with van der Waals surface area (Å²) in [5, 5.41) is 1.10. The van der Waals surface area contributed by atoms with Gasteiger partial charge in [-0.25, -0.2) is 4.98 Å². The predicted molar refractivity (Wildman–Crippen MR) is 86.2 cm³/mol. The van der Waals surface area contributed by atoms with Crippen LogP contribution in [-0.2, 0) is 19.9 Å². The van der Waals surface area contributed by atoms with Gasteiger partial charge in [0.15, 0.2) is 0 Å². The minimum atomic E-state index is 0.0106. The maximum atomic E-state index is 6.24. The summed E-state index contributed by atoms with van der Waals surface area (Å²) < 4.78 is 7.82. The maximum absolute atomic E-state index is 6.24. The third kappa shape index (κ3) is 4.37. The van der Waals surface area contributed by atoms with E-state index in [0.717, 1.165) is 11.4 Å². The number of imidazole rings is 1. The Hall–Kier alpha value is -1.23. The SMILES string of the molecule is CC(N)Cc1cc(Cl)cc(Cl)c1OCCc1nccn1C. The summed E-state index contributed by atoms with van der Waals surface area (Å²) in [5.74, 6) is 1.63. The highest BCUT2D eigenvalue weighted by Crippen LogP contribution is 2.33. The number of nitrogens with zero attached hydrogens (tertiary/aromatic N) is 2. The topological polar surface area (TPSA) is 53.1 Å². The smallest absolute Gasteiger partial charge is 0.141 e. The van der Waals surface area contributed by atoms with Crippen LogP contribution in [0.4, 0.5) is 0 Å². The molecule has 0 spiro atoms. The first kappa shape index (κ1) is 16.1. The Morgan fingerprint density at radius 3 is 2.76 bits per heavy atom.